The highest BCUT2D eigenvalue weighted by molar-refractivity contribution is 5.94. The van der Waals surface area contributed by atoms with Gasteiger partial charge in [-0.1, -0.05) is 19.8 Å². The van der Waals surface area contributed by atoms with Crippen molar-refractivity contribution in [2.24, 2.45) is 0 Å². The molecule has 1 amide bonds. The molecule has 0 aromatic heterocycles. The third-order valence-corrected chi connectivity index (χ3v) is 4.93. The molecule has 3 rings (SSSR count). The van der Waals surface area contributed by atoms with Crippen LogP contribution in [0, 0.1) is 0 Å². The minimum absolute atomic E-state index is 0.150. The second-order valence-corrected chi connectivity index (χ2v) is 6.76. The fourth-order valence-electron chi connectivity index (χ4n) is 3.55. The van der Waals surface area contributed by atoms with Crippen LogP contribution < -0.4 is 10.1 Å². The van der Waals surface area contributed by atoms with Gasteiger partial charge in [0.15, 0.2) is 0 Å². The lowest BCUT2D eigenvalue weighted by Gasteiger charge is -2.24. The zero-order valence-electron chi connectivity index (χ0n) is 14.1. The molecular formula is C19H28N2O2. The fraction of sp³-hybridized carbons (Fsp3) is 0.632. The third kappa shape index (κ3) is 4.25. The maximum Gasteiger partial charge on any atom is 0.253 e. The number of carbonyl (C=O) groups is 1. The van der Waals surface area contributed by atoms with Crippen molar-refractivity contribution in [2.75, 3.05) is 19.7 Å². The molecule has 2 aliphatic heterocycles. The summed E-state index contributed by atoms with van der Waals surface area (Å²) in [5.41, 5.74) is 0.767. The summed E-state index contributed by atoms with van der Waals surface area (Å²) in [5, 5.41) is 3.62. The van der Waals surface area contributed by atoms with Gasteiger partial charge < -0.3 is 15.0 Å². The number of carbonyl (C=O) groups excluding carboxylic acids is 1. The number of unbranched alkanes of at least 4 members (excludes halogenated alkanes) is 2. The molecule has 4 nitrogen and oxygen atoms in total. The molecule has 2 saturated heterocycles. The van der Waals surface area contributed by atoms with Crippen LogP contribution in [0.4, 0.5) is 0 Å². The SMILES string of the molecule is CCCCCOc1ccc(C(=O)N2CCC3CCC(C2)N3)cc1. The zero-order valence-corrected chi connectivity index (χ0v) is 14.1. The molecule has 1 aromatic rings. The number of fused-ring (bicyclic) bond motifs is 2. The summed E-state index contributed by atoms with van der Waals surface area (Å²) in [7, 11) is 0. The lowest BCUT2D eigenvalue weighted by atomic mass is 10.1. The van der Waals surface area contributed by atoms with Gasteiger partial charge in [-0.25, -0.2) is 0 Å². The molecule has 23 heavy (non-hydrogen) atoms. The van der Waals surface area contributed by atoms with Gasteiger partial charge >= 0.3 is 0 Å². The number of hydrogen-bond donors (Lipinski definition) is 1. The molecule has 2 atom stereocenters. The molecule has 126 valence electrons. The average Bonchev–Trinajstić information content (AvgIpc) is 2.91. The van der Waals surface area contributed by atoms with Crippen LogP contribution in [0.2, 0.25) is 0 Å². The zero-order chi connectivity index (χ0) is 16.1. The van der Waals surface area contributed by atoms with E-state index in [1.807, 2.05) is 29.2 Å². The van der Waals surface area contributed by atoms with Crippen LogP contribution in [0.3, 0.4) is 0 Å². The lowest BCUT2D eigenvalue weighted by molar-refractivity contribution is 0.0748. The topological polar surface area (TPSA) is 41.6 Å². The summed E-state index contributed by atoms with van der Waals surface area (Å²) < 4.78 is 5.71. The number of amides is 1. The molecule has 0 spiro atoms. The van der Waals surface area contributed by atoms with Gasteiger partial charge in [-0.05, 0) is 49.9 Å². The summed E-state index contributed by atoms with van der Waals surface area (Å²) in [6, 6.07) is 8.72. The highest BCUT2D eigenvalue weighted by atomic mass is 16.5. The Hall–Kier alpha value is -1.55. The van der Waals surface area contributed by atoms with E-state index in [2.05, 4.69) is 12.2 Å². The maximum atomic E-state index is 12.7. The Balaban J connectivity index is 1.55. The first-order valence-electron chi connectivity index (χ1n) is 9.04. The van der Waals surface area contributed by atoms with Crippen LogP contribution in [0.1, 0.15) is 55.8 Å². The van der Waals surface area contributed by atoms with Crippen LogP contribution >= 0.6 is 0 Å². The molecule has 1 N–H and O–H groups in total. The van der Waals surface area contributed by atoms with Crippen molar-refractivity contribution in [2.45, 2.75) is 57.5 Å². The summed E-state index contributed by atoms with van der Waals surface area (Å²) in [4.78, 5) is 14.7. The summed E-state index contributed by atoms with van der Waals surface area (Å²) in [6.07, 6.45) is 7.00. The van der Waals surface area contributed by atoms with E-state index >= 15 is 0 Å². The molecule has 2 aliphatic rings. The molecule has 2 fully saturated rings. The lowest BCUT2D eigenvalue weighted by Crippen LogP contribution is -2.39. The van der Waals surface area contributed by atoms with Crippen LogP contribution in [0.5, 0.6) is 5.75 Å². The first-order valence-corrected chi connectivity index (χ1v) is 9.04. The van der Waals surface area contributed by atoms with Crippen LogP contribution in [0.25, 0.3) is 0 Å². The third-order valence-electron chi connectivity index (χ3n) is 4.93. The van der Waals surface area contributed by atoms with Gasteiger partial charge in [-0.2, -0.15) is 0 Å². The van der Waals surface area contributed by atoms with Gasteiger partial charge in [-0.3, -0.25) is 4.79 Å². The summed E-state index contributed by atoms with van der Waals surface area (Å²) in [5.74, 6) is 1.01. The first kappa shape index (κ1) is 16.3. The van der Waals surface area contributed by atoms with Gasteiger partial charge in [0.25, 0.3) is 5.91 Å². The van der Waals surface area contributed by atoms with E-state index in [-0.39, 0.29) is 5.91 Å². The Labute approximate surface area is 139 Å². The van der Waals surface area contributed by atoms with Crippen molar-refractivity contribution in [3.63, 3.8) is 0 Å². The number of nitrogens with one attached hydrogen (secondary N) is 1. The average molecular weight is 316 g/mol. The molecular weight excluding hydrogens is 288 g/mol. The van der Waals surface area contributed by atoms with E-state index in [0.717, 1.165) is 43.9 Å². The van der Waals surface area contributed by atoms with Gasteiger partial charge in [0, 0.05) is 30.7 Å². The molecule has 0 saturated carbocycles. The highest BCUT2D eigenvalue weighted by Gasteiger charge is 2.31. The van der Waals surface area contributed by atoms with E-state index in [1.165, 1.54) is 25.7 Å². The van der Waals surface area contributed by atoms with Crippen molar-refractivity contribution >= 4 is 5.91 Å². The standard InChI is InChI=1S/C19H28N2O2/c1-2-3-4-13-23-18-9-5-15(6-10-18)19(22)21-12-11-16-7-8-17(14-21)20-16/h5-6,9-10,16-17,20H,2-4,7-8,11-14H2,1H3. The minimum Gasteiger partial charge on any atom is -0.494 e. The van der Waals surface area contributed by atoms with Gasteiger partial charge in [0.05, 0.1) is 6.61 Å². The second-order valence-electron chi connectivity index (χ2n) is 6.76. The van der Waals surface area contributed by atoms with Gasteiger partial charge in [-0.15, -0.1) is 0 Å². The maximum absolute atomic E-state index is 12.7. The summed E-state index contributed by atoms with van der Waals surface area (Å²) >= 11 is 0. The number of rotatable bonds is 6. The quantitative estimate of drug-likeness (QED) is 0.819. The summed E-state index contributed by atoms with van der Waals surface area (Å²) in [6.45, 7) is 4.64. The van der Waals surface area contributed by atoms with E-state index in [0.29, 0.717) is 12.1 Å². The monoisotopic (exact) mass is 316 g/mol. The molecule has 2 heterocycles. The predicted octanol–water partition coefficient (Wildman–Crippen LogP) is 3.22. The van der Waals surface area contributed by atoms with E-state index in [1.54, 1.807) is 0 Å². The van der Waals surface area contributed by atoms with Gasteiger partial charge in [0.2, 0.25) is 0 Å². The normalized spacial score (nSPS) is 23.6. The van der Waals surface area contributed by atoms with E-state index in [9.17, 15) is 4.79 Å². The highest BCUT2D eigenvalue weighted by Crippen LogP contribution is 2.22. The Morgan fingerprint density at radius 3 is 2.74 bits per heavy atom. The molecule has 2 unspecified atom stereocenters. The first-order chi connectivity index (χ1) is 11.3. The van der Waals surface area contributed by atoms with Gasteiger partial charge in [0.1, 0.15) is 5.75 Å². The van der Waals surface area contributed by atoms with Crippen molar-refractivity contribution < 1.29 is 9.53 Å². The largest absolute Gasteiger partial charge is 0.494 e. The van der Waals surface area contributed by atoms with Crippen molar-refractivity contribution in [1.82, 2.24) is 10.2 Å². The van der Waals surface area contributed by atoms with Crippen LogP contribution in [0.15, 0.2) is 24.3 Å². The molecule has 1 aromatic carbocycles. The predicted molar refractivity (Wildman–Crippen MR) is 91.9 cm³/mol. The number of likely N-dealkylation sites (tertiary alicyclic amines) is 1. The molecule has 2 bridgehead atoms. The number of ether oxygens (including phenoxy) is 1. The van der Waals surface area contributed by atoms with Crippen LogP contribution in [-0.4, -0.2) is 42.6 Å². The second kappa shape index (κ2) is 7.82. The smallest absolute Gasteiger partial charge is 0.253 e. The van der Waals surface area contributed by atoms with E-state index < -0.39 is 0 Å². The minimum atomic E-state index is 0.150. The van der Waals surface area contributed by atoms with Crippen LogP contribution in [-0.2, 0) is 0 Å². The Morgan fingerprint density at radius 1 is 1.17 bits per heavy atom. The van der Waals surface area contributed by atoms with Crippen molar-refractivity contribution in [3.05, 3.63) is 29.8 Å². The Morgan fingerprint density at radius 2 is 1.96 bits per heavy atom. The number of hydrogen-bond acceptors (Lipinski definition) is 3. The molecule has 0 aliphatic carbocycles. The van der Waals surface area contributed by atoms with Crippen molar-refractivity contribution in [1.29, 1.82) is 0 Å². The Kier molecular flexibility index (Phi) is 5.55. The molecule has 0 radical (unpaired) electrons. The molecule has 4 heteroatoms. The number of nitrogens with zero attached hydrogens (tertiary/aromatic N) is 1. The number of benzene rings is 1. The Bertz CT molecular complexity index is 515. The van der Waals surface area contributed by atoms with Crippen molar-refractivity contribution in [3.8, 4) is 5.75 Å². The fourth-order valence-corrected chi connectivity index (χ4v) is 3.55. The van der Waals surface area contributed by atoms with E-state index in [4.69, 9.17) is 4.74 Å².